The molecule has 1 aromatic heterocycles. The lowest BCUT2D eigenvalue weighted by molar-refractivity contribution is 0.0325. The first kappa shape index (κ1) is 16.9. The highest BCUT2D eigenvalue weighted by Crippen LogP contribution is 2.39. The first-order valence-corrected chi connectivity index (χ1v) is 6.80. The van der Waals surface area contributed by atoms with Crippen LogP contribution in [0.1, 0.15) is 5.56 Å². The highest BCUT2D eigenvalue weighted by Gasteiger charge is 2.19. The van der Waals surface area contributed by atoms with Crippen LogP contribution in [0.15, 0.2) is 34.0 Å². The molecule has 0 spiro atoms. The molecule has 7 nitrogen and oxygen atoms in total. The Hall–Kier alpha value is -2.51. The lowest BCUT2D eigenvalue weighted by atomic mass is 10.1. The van der Waals surface area contributed by atoms with E-state index in [-0.39, 0.29) is 42.7 Å². The average Bonchev–Trinajstić information content (AvgIpc) is 2.55. The van der Waals surface area contributed by atoms with Crippen molar-refractivity contribution in [2.24, 2.45) is 0 Å². The average molecular weight is 322 g/mol. The van der Waals surface area contributed by atoms with E-state index in [9.17, 15) is 9.90 Å². The second-order valence-corrected chi connectivity index (χ2v) is 4.58. The van der Waals surface area contributed by atoms with Gasteiger partial charge in [0.2, 0.25) is 5.75 Å². The molecule has 0 atom stereocenters. The van der Waals surface area contributed by atoms with E-state index in [0.717, 1.165) is 0 Å². The zero-order valence-electron chi connectivity index (χ0n) is 13.0. The Morgan fingerprint density at radius 2 is 1.91 bits per heavy atom. The van der Waals surface area contributed by atoms with Gasteiger partial charge in [-0.05, 0) is 12.1 Å². The minimum absolute atomic E-state index is 0.0143. The predicted octanol–water partition coefficient (Wildman–Crippen LogP) is 2.19. The van der Waals surface area contributed by atoms with Gasteiger partial charge in [0.25, 0.3) is 0 Å². The Kier molecular flexibility index (Phi) is 5.61. The molecule has 1 heterocycles. The number of rotatable bonds is 8. The van der Waals surface area contributed by atoms with Crippen LogP contribution in [-0.2, 0) is 15.9 Å². The summed E-state index contributed by atoms with van der Waals surface area (Å²) < 4.78 is 25.9. The molecule has 0 fully saturated rings. The van der Waals surface area contributed by atoms with Crippen LogP contribution in [-0.4, -0.2) is 32.9 Å². The van der Waals surface area contributed by atoms with E-state index in [1.807, 2.05) is 0 Å². The smallest absolute Gasteiger partial charge is 0.343 e. The summed E-state index contributed by atoms with van der Waals surface area (Å²) in [5.74, 6) is 0.283. The summed E-state index contributed by atoms with van der Waals surface area (Å²) >= 11 is 0. The molecule has 0 unspecified atom stereocenters. The SMILES string of the molecule is C=CCc1c(O)c2ccc(OCOC)c(OCOC)c2oc1=O. The summed E-state index contributed by atoms with van der Waals surface area (Å²) in [4.78, 5) is 12.1. The van der Waals surface area contributed by atoms with Crippen LogP contribution in [0, 0.1) is 0 Å². The molecular weight excluding hydrogens is 304 g/mol. The molecule has 2 rings (SSSR count). The number of hydrogen-bond acceptors (Lipinski definition) is 7. The first-order chi connectivity index (χ1) is 11.1. The molecule has 0 aliphatic heterocycles. The first-order valence-electron chi connectivity index (χ1n) is 6.80. The summed E-state index contributed by atoms with van der Waals surface area (Å²) in [5.41, 5.74) is -0.456. The van der Waals surface area contributed by atoms with Gasteiger partial charge in [-0.25, -0.2) is 4.79 Å². The Morgan fingerprint density at radius 3 is 2.57 bits per heavy atom. The molecule has 0 saturated carbocycles. The van der Waals surface area contributed by atoms with Crippen LogP contribution < -0.4 is 15.1 Å². The fourth-order valence-corrected chi connectivity index (χ4v) is 2.06. The largest absolute Gasteiger partial charge is 0.507 e. The van der Waals surface area contributed by atoms with Crippen LogP contribution in [0.4, 0.5) is 0 Å². The number of fused-ring (bicyclic) bond motifs is 1. The standard InChI is InChI=1S/C16H18O7/c1-4-5-11-13(17)10-6-7-12(21-8-19-2)15(22-9-20-3)14(10)23-16(11)18/h4,6-7,17H,1,5,8-9H2,2-3H3. The maximum atomic E-state index is 12.1. The molecule has 0 aliphatic rings. The second kappa shape index (κ2) is 7.66. The van der Waals surface area contributed by atoms with Crippen molar-refractivity contribution in [3.63, 3.8) is 0 Å². The van der Waals surface area contributed by atoms with Gasteiger partial charge >= 0.3 is 5.63 Å². The van der Waals surface area contributed by atoms with Gasteiger partial charge in [0.05, 0.1) is 10.9 Å². The van der Waals surface area contributed by atoms with Crippen LogP contribution in [0.3, 0.4) is 0 Å². The van der Waals surface area contributed by atoms with Crippen molar-refractivity contribution < 1.29 is 28.5 Å². The summed E-state index contributed by atoms with van der Waals surface area (Å²) in [5, 5.41) is 10.6. The molecular formula is C16H18O7. The van der Waals surface area contributed by atoms with Gasteiger partial charge in [0.1, 0.15) is 5.75 Å². The number of benzene rings is 1. The second-order valence-electron chi connectivity index (χ2n) is 4.58. The topological polar surface area (TPSA) is 87.4 Å². The zero-order valence-corrected chi connectivity index (χ0v) is 13.0. The third-order valence-corrected chi connectivity index (χ3v) is 3.06. The van der Waals surface area contributed by atoms with Crippen molar-refractivity contribution in [2.75, 3.05) is 27.8 Å². The Morgan fingerprint density at radius 1 is 1.22 bits per heavy atom. The highest BCUT2D eigenvalue weighted by atomic mass is 16.7. The van der Waals surface area contributed by atoms with E-state index >= 15 is 0 Å². The van der Waals surface area contributed by atoms with E-state index in [2.05, 4.69) is 6.58 Å². The van der Waals surface area contributed by atoms with E-state index < -0.39 is 5.63 Å². The van der Waals surface area contributed by atoms with Gasteiger partial charge < -0.3 is 28.5 Å². The quantitative estimate of drug-likeness (QED) is 0.453. The number of methoxy groups -OCH3 is 2. The van der Waals surface area contributed by atoms with Gasteiger partial charge in [-0.15, -0.1) is 6.58 Å². The molecule has 0 saturated heterocycles. The van der Waals surface area contributed by atoms with Crippen molar-refractivity contribution in [3.8, 4) is 17.2 Å². The molecule has 0 radical (unpaired) electrons. The number of allylic oxidation sites excluding steroid dienone is 1. The normalized spacial score (nSPS) is 10.7. The van der Waals surface area contributed by atoms with Crippen molar-refractivity contribution in [1.29, 1.82) is 0 Å². The van der Waals surface area contributed by atoms with E-state index in [0.29, 0.717) is 11.1 Å². The molecule has 2 aromatic rings. The van der Waals surface area contributed by atoms with Crippen LogP contribution in [0.25, 0.3) is 11.0 Å². The molecule has 1 N–H and O–H groups in total. The zero-order chi connectivity index (χ0) is 16.8. The van der Waals surface area contributed by atoms with E-state index in [1.165, 1.54) is 20.3 Å². The number of hydrogen-bond donors (Lipinski definition) is 1. The molecule has 0 bridgehead atoms. The molecule has 124 valence electrons. The highest BCUT2D eigenvalue weighted by molar-refractivity contribution is 5.90. The monoisotopic (exact) mass is 322 g/mol. The lowest BCUT2D eigenvalue weighted by Crippen LogP contribution is -2.09. The maximum Gasteiger partial charge on any atom is 0.343 e. The van der Waals surface area contributed by atoms with Crippen molar-refractivity contribution >= 4 is 11.0 Å². The maximum absolute atomic E-state index is 12.1. The summed E-state index contributed by atoms with van der Waals surface area (Å²) in [6.07, 6.45) is 1.70. The van der Waals surface area contributed by atoms with Gasteiger partial charge in [0.15, 0.2) is 24.9 Å². The minimum atomic E-state index is -0.666. The molecule has 0 aliphatic carbocycles. The van der Waals surface area contributed by atoms with Gasteiger partial charge in [-0.1, -0.05) is 6.08 Å². The van der Waals surface area contributed by atoms with Crippen LogP contribution >= 0.6 is 0 Å². The number of ether oxygens (including phenoxy) is 4. The fourth-order valence-electron chi connectivity index (χ4n) is 2.06. The molecule has 7 heteroatoms. The third-order valence-electron chi connectivity index (χ3n) is 3.06. The molecule has 0 amide bonds. The summed E-state index contributed by atoms with van der Waals surface area (Å²) in [6, 6.07) is 3.16. The van der Waals surface area contributed by atoms with E-state index in [4.69, 9.17) is 23.4 Å². The van der Waals surface area contributed by atoms with E-state index in [1.54, 1.807) is 12.1 Å². The van der Waals surface area contributed by atoms with Crippen molar-refractivity contribution in [2.45, 2.75) is 6.42 Å². The van der Waals surface area contributed by atoms with Crippen molar-refractivity contribution in [1.82, 2.24) is 0 Å². The molecule has 23 heavy (non-hydrogen) atoms. The van der Waals surface area contributed by atoms with Gasteiger partial charge in [-0.2, -0.15) is 0 Å². The van der Waals surface area contributed by atoms with Gasteiger partial charge in [-0.3, -0.25) is 0 Å². The Balaban J connectivity index is 2.66. The Bertz CT molecular complexity index is 748. The predicted molar refractivity (Wildman–Crippen MR) is 83.1 cm³/mol. The van der Waals surface area contributed by atoms with Gasteiger partial charge in [0, 0.05) is 20.6 Å². The van der Waals surface area contributed by atoms with Crippen molar-refractivity contribution in [3.05, 3.63) is 40.8 Å². The lowest BCUT2D eigenvalue weighted by Gasteiger charge is -2.14. The third kappa shape index (κ3) is 3.46. The number of aromatic hydroxyl groups is 1. The van der Waals surface area contributed by atoms with Crippen LogP contribution in [0.2, 0.25) is 0 Å². The van der Waals surface area contributed by atoms with Crippen LogP contribution in [0.5, 0.6) is 17.2 Å². The summed E-state index contributed by atoms with van der Waals surface area (Å²) in [6.45, 7) is 3.46. The Labute approximate surface area is 132 Å². The fraction of sp³-hybridized carbons (Fsp3) is 0.312. The minimum Gasteiger partial charge on any atom is -0.507 e. The molecule has 1 aromatic carbocycles. The summed E-state index contributed by atoms with van der Waals surface area (Å²) in [7, 11) is 2.93.